The summed E-state index contributed by atoms with van der Waals surface area (Å²) in [5, 5.41) is 1.96. The number of halogens is 1. The summed E-state index contributed by atoms with van der Waals surface area (Å²) in [6.45, 7) is 7.72. The van der Waals surface area contributed by atoms with E-state index in [-0.39, 0.29) is 18.4 Å². The van der Waals surface area contributed by atoms with Crippen molar-refractivity contribution < 1.29 is 13.9 Å². The molecule has 0 bridgehead atoms. The van der Waals surface area contributed by atoms with Crippen LogP contribution in [0.5, 0.6) is 0 Å². The van der Waals surface area contributed by atoms with Crippen LogP contribution in [0.2, 0.25) is 0 Å². The zero-order valence-electron chi connectivity index (χ0n) is 14.7. The second-order valence-electron chi connectivity index (χ2n) is 5.83. The number of fused-ring (bicyclic) bond motifs is 3. The topological polar surface area (TPSA) is 42.7 Å². The van der Waals surface area contributed by atoms with Gasteiger partial charge in [0, 0.05) is 17.3 Å². The van der Waals surface area contributed by atoms with E-state index in [4.69, 9.17) is 9.15 Å². The fourth-order valence-corrected chi connectivity index (χ4v) is 2.93. The first kappa shape index (κ1) is 19.3. The van der Waals surface area contributed by atoms with Gasteiger partial charge in [-0.3, -0.25) is 0 Å². The average molecular weight is 362 g/mol. The highest BCUT2D eigenvalue weighted by atomic mass is 35.5. The fraction of sp³-hybridized carbons (Fsp3) is 0.350. The molecule has 5 heteroatoms. The van der Waals surface area contributed by atoms with Crippen molar-refractivity contribution in [3.05, 3.63) is 48.0 Å². The number of hydrogen-bond acceptors (Lipinski definition) is 4. The van der Waals surface area contributed by atoms with Gasteiger partial charge in [0.05, 0.1) is 12.2 Å². The number of rotatable bonds is 7. The van der Waals surface area contributed by atoms with Gasteiger partial charge in [0.1, 0.15) is 11.2 Å². The van der Waals surface area contributed by atoms with E-state index in [9.17, 15) is 4.79 Å². The molecule has 1 aromatic heterocycles. The molecule has 0 radical (unpaired) electrons. The third-order valence-electron chi connectivity index (χ3n) is 4.36. The van der Waals surface area contributed by atoms with E-state index in [2.05, 4.69) is 18.7 Å². The maximum atomic E-state index is 12.3. The number of carbonyl (C=O) groups is 1. The second-order valence-corrected chi connectivity index (χ2v) is 5.83. The largest absolute Gasteiger partial charge is 0.462 e. The molecular formula is C20H24ClNO3. The molecule has 0 aliphatic rings. The zero-order chi connectivity index (χ0) is 16.9. The molecule has 0 saturated carbocycles. The van der Waals surface area contributed by atoms with Gasteiger partial charge >= 0.3 is 5.97 Å². The lowest BCUT2D eigenvalue weighted by molar-refractivity contribution is 0.0489. The summed E-state index contributed by atoms with van der Waals surface area (Å²) in [6, 6.07) is 13.3. The molecule has 1 heterocycles. The van der Waals surface area contributed by atoms with Crippen molar-refractivity contribution in [1.82, 2.24) is 4.90 Å². The van der Waals surface area contributed by atoms with E-state index < -0.39 is 0 Å². The van der Waals surface area contributed by atoms with Crippen LogP contribution in [0.15, 0.2) is 46.9 Å². The van der Waals surface area contributed by atoms with Crippen LogP contribution in [-0.2, 0) is 4.74 Å². The summed E-state index contributed by atoms with van der Waals surface area (Å²) in [7, 11) is 0. The van der Waals surface area contributed by atoms with Crippen LogP contribution >= 0.6 is 12.4 Å². The predicted octanol–water partition coefficient (Wildman–Crippen LogP) is 4.90. The van der Waals surface area contributed by atoms with Gasteiger partial charge in [-0.1, -0.05) is 32.0 Å². The number of benzene rings is 2. The normalized spacial score (nSPS) is 11.0. The summed E-state index contributed by atoms with van der Waals surface area (Å²) in [6.07, 6.45) is 0.851. The lowest BCUT2D eigenvalue weighted by atomic mass is 10.1. The minimum atomic E-state index is -0.276. The van der Waals surface area contributed by atoms with Crippen LogP contribution in [0.3, 0.4) is 0 Å². The van der Waals surface area contributed by atoms with Crippen LogP contribution in [0.4, 0.5) is 0 Å². The smallest absolute Gasteiger partial charge is 0.338 e. The quantitative estimate of drug-likeness (QED) is 0.443. The van der Waals surface area contributed by atoms with Gasteiger partial charge in [0.2, 0.25) is 0 Å². The highest BCUT2D eigenvalue weighted by Gasteiger charge is 2.12. The molecule has 0 aliphatic heterocycles. The molecule has 0 unspecified atom stereocenters. The molecular weight excluding hydrogens is 338 g/mol. The Hall–Kier alpha value is -2.04. The Morgan fingerprint density at radius 3 is 2.52 bits per heavy atom. The van der Waals surface area contributed by atoms with Crippen LogP contribution < -0.4 is 0 Å². The third-order valence-corrected chi connectivity index (χ3v) is 4.36. The number of nitrogens with zero attached hydrogens (tertiary/aromatic N) is 1. The van der Waals surface area contributed by atoms with Crippen molar-refractivity contribution in [2.24, 2.45) is 0 Å². The lowest BCUT2D eigenvalue weighted by Crippen LogP contribution is -2.25. The van der Waals surface area contributed by atoms with Crippen LogP contribution in [0.25, 0.3) is 21.9 Å². The number of hydrogen-bond donors (Lipinski definition) is 0. The maximum absolute atomic E-state index is 12.3. The van der Waals surface area contributed by atoms with E-state index in [1.807, 2.05) is 36.4 Å². The van der Waals surface area contributed by atoms with Gasteiger partial charge in [-0.15, -0.1) is 12.4 Å². The van der Waals surface area contributed by atoms with Crippen LogP contribution in [0, 0.1) is 0 Å². The van der Waals surface area contributed by atoms with Crippen molar-refractivity contribution in [2.45, 2.75) is 20.3 Å². The number of esters is 1. The van der Waals surface area contributed by atoms with Gasteiger partial charge in [-0.2, -0.15) is 0 Å². The molecule has 0 N–H and O–H groups in total. The Bertz CT molecular complexity index is 839. The number of furan rings is 1. The molecule has 0 spiro atoms. The van der Waals surface area contributed by atoms with Gasteiger partial charge in [0.15, 0.2) is 0 Å². The summed E-state index contributed by atoms with van der Waals surface area (Å²) in [4.78, 5) is 14.6. The van der Waals surface area contributed by atoms with Crippen molar-refractivity contribution in [3.63, 3.8) is 0 Å². The summed E-state index contributed by atoms with van der Waals surface area (Å²) in [5.74, 6) is -0.276. The van der Waals surface area contributed by atoms with Crippen molar-refractivity contribution in [2.75, 3.05) is 26.2 Å². The molecule has 0 fully saturated rings. The molecule has 134 valence electrons. The molecule has 3 aromatic rings. The van der Waals surface area contributed by atoms with E-state index in [0.717, 1.165) is 48.0 Å². The number of para-hydroxylation sites is 1. The summed E-state index contributed by atoms with van der Waals surface area (Å²) in [5.41, 5.74) is 2.18. The lowest BCUT2D eigenvalue weighted by Gasteiger charge is -2.17. The van der Waals surface area contributed by atoms with Crippen molar-refractivity contribution >= 4 is 40.3 Å². The monoisotopic (exact) mass is 361 g/mol. The minimum Gasteiger partial charge on any atom is -0.462 e. The molecule has 2 aromatic carbocycles. The third kappa shape index (κ3) is 4.33. The molecule has 0 amide bonds. The molecule has 25 heavy (non-hydrogen) atoms. The van der Waals surface area contributed by atoms with Crippen LogP contribution in [0.1, 0.15) is 30.6 Å². The second kappa shape index (κ2) is 8.88. The Morgan fingerprint density at radius 1 is 1.04 bits per heavy atom. The Kier molecular flexibility index (Phi) is 6.85. The number of ether oxygens (including phenoxy) is 1. The Labute approximate surface area is 154 Å². The molecule has 0 atom stereocenters. The fourth-order valence-electron chi connectivity index (χ4n) is 2.93. The first-order valence-electron chi connectivity index (χ1n) is 8.53. The van der Waals surface area contributed by atoms with E-state index in [1.165, 1.54) is 0 Å². The van der Waals surface area contributed by atoms with Gasteiger partial charge in [-0.25, -0.2) is 4.79 Å². The standard InChI is InChI=1S/C20H23NO3.ClH/c1-3-21(4-2)12-7-13-23-20(22)15-10-11-19-17(14-15)16-8-5-6-9-18(16)24-19;/h5-6,8-11,14H,3-4,7,12-13H2,1-2H3;1H. The van der Waals surface area contributed by atoms with E-state index in [1.54, 1.807) is 6.07 Å². The molecule has 0 saturated heterocycles. The average Bonchev–Trinajstić information content (AvgIpc) is 2.99. The van der Waals surface area contributed by atoms with Crippen molar-refractivity contribution in [3.8, 4) is 0 Å². The minimum absolute atomic E-state index is 0. The first-order chi connectivity index (χ1) is 11.7. The van der Waals surface area contributed by atoms with Gasteiger partial charge in [-0.05, 0) is 43.8 Å². The number of carbonyl (C=O) groups excluding carboxylic acids is 1. The van der Waals surface area contributed by atoms with E-state index >= 15 is 0 Å². The predicted molar refractivity (Wildman–Crippen MR) is 104 cm³/mol. The van der Waals surface area contributed by atoms with E-state index in [0.29, 0.717) is 12.2 Å². The maximum Gasteiger partial charge on any atom is 0.338 e. The SMILES string of the molecule is CCN(CC)CCCOC(=O)c1ccc2oc3ccccc3c2c1.Cl. The molecule has 4 nitrogen and oxygen atoms in total. The van der Waals surface area contributed by atoms with Gasteiger partial charge < -0.3 is 14.1 Å². The molecule has 0 aliphatic carbocycles. The highest BCUT2D eigenvalue weighted by Crippen LogP contribution is 2.29. The zero-order valence-corrected chi connectivity index (χ0v) is 15.5. The first-order valence-corrected chi connectivity index (χ1v) is 8.53. The summed E-state index contributed by atoms with van der Waals surface area (Å²) < 4.78 is 11.2. The summed E-state index contributed by atoms with van der Waals surface area (Å²) >= 11 is 0. The van der Waals surface area contributed by atoms with Crippen LogP contribution in [-0.4, -0.2) is 37.1 Å². The Morgan fingerprint density at radius 2 is 1.76 bits per heavy atom. The Balaban J connectivity index is 0.00000225. The highest BCUT2D eigenvalue weighted by molar-refractivity contribution is 6.07. The van der Waals surface area contributed by atoms with Crippen molar-refractivity contribution in [1.29, 1.82) is 0 Å². The molecule has 3 rings (SSSR count). The van der Waals surface area contributed by atoms with Gasteiger partial charge in [0.25, 0.3) is 0 Å².